The smallest absolute Gasteiger partial charge is 0.461 e. The highest BCUT2D eigenvalue weighted by atomic mass is 19.4. The third kappa shape index (κ3) is 5.99. The zero-order valence-electron chi connectivity index (χ0n) is 18.5. The molecule has 33 heavy (non-hydrogen) atoms. The lowest BCUT2D eigenvalue weighted by Gasteiger charge is -2.30. The lowest BCUT2D eigenvalue weighted by Crippen LogP contribution is -2.34. The molecule has 4 rings (SSSR count). The summed E-state index contributed by atoms with van der Waals surface area (Å²) in [5.74, 6) is -0.202. The molecule has 0 aromatic heterocycles. The van der Waals surface area contributed by atoms with E-state index in [4.69, 9.17) is 14.2 Å². The normalized spacial score (nSPS) is 22.9. The van der Waals surface area contributed by atoms with Gasteiger partial charge in [-0.3, -0.25) is 0 Å². The third-order valence-electron chi connectivity index (χ3n) is 6.13. The van der Waals surface area contributed by atoms with Crippen molar-refractivity contribution in [3.63, 3.8) is 0 Å². The Kier molecular flexibility index (Phi) is 6.83. The van der Waals surface area contributed by atoms with Gasteiger partial charge in [0.05, 0.1) is 11.7 Å². The van der Waals surface area contributed by atoms with Gasteiger partial charge in [0.1, 0.15) is 5.75 Å². The first-order chi connectivity index (χ1) is 15.7. The van der Waals surface area contributed by atoms with Gasteiger partial charge in [-0.05, 0) is 67.9 Å². The second kappa shape index (κ2) is 9.63. The highest BCUT2D eigenvalue weighted by Gasteiger charge is 2.42. The standard InChI is InChI=1S/C25H27F3O5/c1-15(2)24(31-21-13-16-8-9-17(21)12-16)32-22-14-18(10-11-20(22)33-25(26,27)28)23(29)30-19-6-4-3-5-7-19/h3-7,10-11,14-17,21,24H,8-9,12-13H2,1-2H3. The van der Waals surface area contributed by atoms with Crippen LogP contribution in [0.5, 0.6) is 17.2 Å². The molecule has 8 heteroatoms. The zero-order chi connectivity index (χ0) is 23.6. The summed E-state index contributed by atoms with van der Waals surface area (Å²) in [6, 6.07) is 11.9. The quantitative estimate of drug-likeness (QED) is 0.258. The van der Waals surface area contributed by atoms with Crippen LogP contribution in [0.2, 0.25) is 0 Å². The largest absolute Gasteiger partial charge is 0.573 e. The molecule has 2 aliphatic carbocycles. The third-order valence-corrected chi connectivity index (χ3v) is 6.13. The van der Waals surface area contributed by atoms with Crippen molar-refractivity contribution < 1.29 is 36.9 Å². The predicted molar refractivity (Wildman–Crippen MR) is 114 cm³/mol. The Morgan fingerprint density at radius 3 is 2.36 bits per heavy atom. The van der Waals surface area contributed by atoms with Crippen LogP contribution in [0.25, 0.3) is 0 Å². The number of fused-ring (bicyclic) bond motifs is 2. The minimum Gasteiger partial charge on any atom is -0.461 e. The second-order valence-electron chi connectivity index (χ2n) is 8.99. The van der Waals surface area contributed by atoms with Crippen molar-refractivity contribution in [2.45, 2.75) is 58.3 Å². The van der Waals surface area contributed by atoms with E-state index in [2.05, 4.69) is 4.74 Å². The van der Waals surface area contributed by atoms with E-state index in [1.807, 2.05) is 13.8 Å². The monoisotopic (exact) mass is 464 g/mol. The topological polar surface area (TPSA) is 54.0 Å². The van der Waals surface area contributed by atoms with E-state index in [1.165, 1.54) is 18.6 Å². The minimum atomic E-state index is -4.91. The maximum absolute atomic E-state index is 13.0. The molecular weight excluding hydrogens is 437 g/mol. The minimum absolute atomic E-state index is 0.0226. The van der Waals surface area contributed by atoms with Crippen molar-refractivity contribution in [2.75, 3.05) is 0 Å². The number of para-hydroxylation sites is 1. The van der Waals surface area contributed by atoms with Crippen LogP contribution in [0, 0.1) is 17.8 Å². The van der Waals surface area contributed by atoms with Gasteiger partial charge in [0, 0.05) is 5.92 Å². The molecule has 2 fully saturated rings. The molecule has 0 saturated heterocycles. The summed E-state index contributed by atoms with van der Waals surface area (Å²) in [4.78, 5) is 12.6. The van der Waals surface area contributed by atoms with Crippen molar-refractivity contribution in [1.29, 1.82) is 0 Å². The molecule has 0 amide bonds. The summed E-state index contributed by atoms with van der Waals surface area (Å²) < 4.78 is 60.6. The number of alkyl halides is 3. The summed E-state index contributed by atoms with van der Waals surface area (Å²) in [5, 5.41) is 0. The van der Waals surface area contributed by atoms with Crippen LogP contribution in [0.15, 0.2) is 48.5 Å². The van der Waals surface area contributed by atoms with Gasteiger partial charge in [0.15, 0.2) is 11.5 Å². The van der Waals surface area contributed by atoms with E-state index in [-0.39, 0.29) is 23.3 Å². The number of hydrogen-bond donors (Lipinski definition) is 0. The van der Waals surface area contributed by atoms with Gasteiger partial charge in [-0.1, -0.05) is 32.0 Å². The molecule has 2 aromatic rings. The van der Waals surface area contributed by atoms with E-state index in [9.17, 15) is 18.0 Å². The van der Waals surface area contributed by atoms with Crippen LogP contribution in [-0.4, -0.2) is 24.7 Å². The van der Waals surface area contributed by atoms with Gasteiger partial charge in [-0.25, -0.2) is 4.79 Å². The van der Waals surface area contributed by atoms with Crippen LogP contribution in [0.4, 0.5) is 13.2 Å². The number of halogens is 3. The number of ether oxygens (including phenoxy) is 4. The van der Waals surface area contributed by atoms with Crippen molar-refractivity contribution in [3.05, 3.63) is 54.1 Å². The molecule has 4 unspecified atom stereocenters. The van der Waals surface area contributed by atoms with Crippen molar-refractivity contribution in [2.24, 2.45) is 17.8 Å². The van der Waals surface area contributed by atoms with Crippen molar-refractivity contribution >= 4 is 5.97 Å². The summed E-state index contributed by atoms with van der Waals surface area (Å²) in [6.45, 7) is 3.74. The SMILES string of the molecule is CC(C)C(Oc1cc(C(=O)Oc2ccccc2)ccc1OC(F)(F)F)OC1CC2CCC1C2. The number of carbonyl (C=O) groups excluding carboxylic acids is 1. The molecule has 2 aromatic carbocycles. The fraction of sp³-hybridized carbons (Fsp3) is 0.480. The molecular formula is C25H27F3O5. The summed E-state index contributed by atoms with van der Waals surface area (Å²) in [5.41, 5.74) is 0.0332. The number of esters is 1. The predicted octanol–water partition coefficient (Wildman–Crippen LogP) is 6.37. The number of benzene rings is 2. The molecule has 0 N–H and O–H groups in total. The van der Waals surface area contributed by atoms with Gasteiger partial charge < -0.3 is 18.9 Å². The van der Waals surface area contributed by atoms with E-state index in [0.29, 0.717) is 17.6 Å². The van der Waals surface area contributed by atoms with Gasteiger partial charge in [0.2, 0.25) is 6.29 Å². The Morgan fingerprint density at radius 2 is 1.76 bits per heavy atom. The average Bonchev–Trinajstić information content (AvgIpc) is 3.37. The van der Waals surface area contributed by atoms with Crippen LogP contribution in [0.1, 0.15) is 49.9 Å². The van der Waals surface area contributed by atoms with Crippen LogP contribution in [0.3, 0.4) is 0 Å². The van der Waals surface area contributed by atoms with Crippen LogP contribution >= 0.6 is 0 Å². The summed E-state index contributed by atoms with van der Waals surface area (Å²) in [7, 11) is 0. The van der Waals surface area contributed by atoms with E-state index in [0.717, 1.165) is 25.3 Å². The molecule has 0 radical (unpaired) electrons. The Hall–Kier alpha value is -2.74. The Morgan fingerprint density at radius 1 is 1.00 bits per heavy atom. The van der Waals surface area contributed by atoms with Gasteiger partial charge in [0.25, 0.3) is 0 Å². The second-order valence-corrected chi connectivity index (χ2v) is 8.99. The van der Waals surface area contributed by atoms with Gasteiger partial charge in [-0.15, -0.1) is 13.2 Å². The average molecular weight is 464 g/mol. The summed E-state index contributed by atoms with van der Waals surface area (Å²) in [6.07, 6.45) is -1.32. The molecule has 2 aliphatic rings. The highest BCUT2D eigenvalue weighted by Crippen LogP contribution is 2.46. The Labute approximate surface area is 190 Å². The Balaban J connectivity index is 1.55. The van der Waals surface area contributed by atoms with E-state index in [1.54, 1.807) is 30.3 Å². The number of rotatable bonds is 8. The lowest BCUT2D eigenvalue weighted by atomic mass is 9.97. The van der Waals surface area contributed by atoms with Crippen LogP contribution < -0.4 is 14.2 Å². The van der Waals surface area contributed by atoms with Crippen molar-refractivity contribution in [1.82, 2.24) is 0 Å². The molecule has 178 valence electrons. The molecule has 4 atom stereocenters. The first-order valence-electron chi connectivity index (χ1n) is 11.2. The summed E-state index contributed by atoms with van der Waals surface area (Å²) >= 11 is 0. The molecule has 2 saturated carbocycles. The van der Waals surface area contributed by atoms with Gasteiger partial charge in [-0.2, -0.15) is 0 Å². The lowest BCUT2D eigenvalue weighted by molar-refractivity contribution is -0.275. The van der Waals surface area contributed by atoms with E-state index < -0.39 is 24.4 Å². The first kappa shape index (κ1) is 23.4. The molecule has 0 spiro atoms. The van der Waals surface area contributed by atoms with E-state index >= 15 is 0 Å². The van der Waals surface area contributed by atoms with Crippen molar-refractivity contribution in [3.8, 4) is 17.2 Å². The fourth-order valence-corrected chi connectivity index (χ4v) is 4.56. The van der Waals surface area contributed by atoms with Crippen LogP contribution in [-0.2, 0) is 4.74 Å². The maximum atomic E-state index is 13.0. The molecule has 2 bridgehead atoms. The number of carbonyl (C=O) groups is 1. The molecule has 0 heterocycles. The first-order valence-corrected chi connectivity index (χ1v) is 11.2. The maximum Gasteiger partial charge on any atom is 0.573 e. The zero-order valence-corrected chi connectivity index (χ0v) is 18.5. The number of hydrogen-bond acceptors (Lipinski definition) is 5. The van der Waals surface area contributed by atoms with Gasteiger partial charge >= 0.3 is 12.3 Å². The molecule has 0 aliphatic heterocycles. The highest BCUT2D eigenvalue weighted by molar-refractivity contribution is 5.91. The Bertz CT molecular complexity index is 960. The fourth-order valence-electron chi connectivity index (χ4n) is 4.56. The molecule has 5 nitrogen and oxygen atoms in total.